The lowest BCUT2D eigenvalue weighted by atomic mass is 10.0. The van der Waals surface area contributed by atoms with E-state index in [0.29, 0.717) is 35.7 Å². The number of pyridine rings is 1. The lowest BCUT2D eigenvalue weighted by Crippen LogP contribution is -2.35. The number of aromatic nitrogens is 1. The first kappa shape index (κ1) is 17.8. The van der Waals surface area contributed by atoms with Crippen molar-refractivity contribution in [2.45, 2.75) is 17.9 Å². The third-order valence-electron chi connectivity index (χ3n) is 4.52. The normalized spacial score (nSPS) is 14.5. The molecule has 0 spiro atoms. The number of anilines is 1. The summed E-state index contributed by atoms with van der Waals surface area (Å²) in [6, 6.07) is 10.6. The van der Waals surface area contributed by atoms with Crippen molar-refractivity contribution in [2.75, 3.05) is 11.9 Å². The van der Waals surface area contributed by atoms with Crippen LogP contribution in [0.3, 0.4) is 0 Å². The molecule has 0 atom stereocenters. The predicted octanol–water partition coefficient (Wildman–Crippen LogP) is 3.14. The Morgan fingerprint density at radius 1 is 1.11 bits per heavy atom. The molecule has 1 aliphatic rings. The van der Waals surface area contributed by atoms with Gasteiger partial charge in [-0.2, -0.15) is 15.6 Å². The van der Waals surface area contributed by atoms with E-state index in [-0.39, 0.29) is 5.91 Å². The minimum absolute atomic E-state index is 0.226. The van der Waals surface area contributed by atoms with Crippen LogP contribution < -0.4 is 5.32 Å². The van der Waals surface area contributed by atoms with E-state index in [1.54, 1.807) is 41.4 Å². The number of hydrogen-bond acceptors (Lipinski definition) is 5. The zero-order valence-corrected chi connectivity index (χ0v) is 16.0. The maximum absolute atomic E-state index is 12.8. The van der Waals surface area contributed by atoms with E-state index >= 15 is 0 Å². The highest BCUT2D eigenvalue weighted by Crippen LogP contribution is 2.28. The highest BCUT2D eigenvalue weighted by atomic mass is 32.2. The SMILES string of the molecule is O=C(Nc1ccc2c(c1)CN(S(=O)(=O)c1ccsc1)CC2)c1ccncc1. The highest BCUT2D eigenvalue weighted by Gasteiger charge is 2.28. The number of nitrogens with zero attached hydrogens (tertiary/aromatic N) is 2. The van der Waals surface area contributed by atoms with Gasteiger partial charge >= 0.3 is 0 Å². The number of carbonyl (C=O) groups is 1. The molecule has 4 rings (SSSR count). The van der Waals surface area contributed by atoms with Gasteiger partial charge in [-0.05, 0) is 53.3 Å². The van der Waals surface area contributed by atoms with Crippen molar-refractivity contribution in [3.63, 3.8) is 0 Å². The van der Waals surface area contributed by atoms with Crippen molar-refractivity contribution in [3.05, 3.63) is 76.2 Å². The predicted molar refractivity (Wildman–Crippen MR) is 104 cm³/mol. The van der Waals surface area contributed by atoms with Gasteiger partial charge in [-0.25, -0.2) is 8.42 Å². The topological polar surface area (TPSA) is 79.4 Å². The molecule has 0 fully saturated rings. The van der Waals surface area contributed by atoms with Crippen molar-refractivity contribution in [1.29, 1.82) is 0 Å². The molecular weight excluding hydrogens is 382 g/mol. The molecule has 27 heavy (non-hydrogen) atoms. The molecule has 1 aliphatic heterocycles. The summed E-state index contributed by atoms with van der Waals surface area (Å²) < 4.78 is 27.0. The second-order valence-electron chi connectivity index (χ2n) is 6.22. The fourth-order valence-electron chi connectivity index (χ4n) is 3.07. The molecule has 0 bridgehead atoms. The molecule has 0 radical (unpaired) electrons. The number of rotatable bonds is 4. The summed E-state index contributed by atoms with van der Waals surface area (Å²) in [6.45, 7) is 0.750. The van der Waals surface area contributed by atoms with Gasteiger partial charge in [0.2, 0.25) is 10.0 Å². The average molecular weight is 399 g/mol. The van der Waals surface area contributed by atoms with Crippen LogP contribution in [0.25, 0.3) is 0 Å². The Bertz CT molecular complexity index is 1060. The number of nitrogens with one attached hydrogen (secondary N) is 1. The molecule has 1 amide bonds. The first-order valence-electron chi connectivity index (χ1n) is 8.39. The number of benzene rings is 1. The highest BCUT2D eigenvalue weighted by molar-refractivity contribution is 7.89. The Hall–Kier alpha value is -2.55. The maximum atomic E-state index is 12.8. The average Bonchev–Trinajstić information content (AvgIpc) is 3.24. The van der Waals surface area contributed by atoms with E-state index in [4.69, 9.17) is 0 Å². The summed E-state index contributed by atoms with van der Waals surface area (Å²) in [5, 5.41) is 6.27. The largest absolute Gasteiger partial charge is 0.322 e. The van der Waals surface area contributed by atoms with Gasteiger partial charge in [0.15, 0.2) is 0 Å². The van der Waals surface area contributed by atoms with Gasteiger partial charge in [0.25, 0.3) is 5.91 Å². The monoisotopic (exact) mass is 399 g/mol. The Balaban J connectivity index is 1.55. The van der Waals surface area contributed by atoms with E-state index in [1.165, 1.54) is 15.6 Å². The van der Waals surface area contributed by atoms with Crippen molar-refractivity contribution in [3.8, 4) is 0 Å². The second-order valence-corrected chi connectivity index (χ2v) is 8.94. The number of hydrogen-bond donors (Lipinski definition) is 1. The van der Waals surface area contributed by atoms with Crippen molar-refractivity contribution < 1.29 is 13.2 Å². The molecule has 3 heterocycles. The summed E-state index contributed by atoms with van der Waals surface area (Å²) in [5.74, 6) is -0.226. The quantitative estimate of drug-likeness (QED) is 0.731. The third kappa shape index (κ3) is 3.64. The second kappa shape index (κ2) is 7.22. The lowest BCUT2D eigenvalue weighted by Gasteiger charge is -2.28. The molecule has 1 aromatic carbocycles. The van der Waals surface area contributed by atoms with Gasteiger partial charge in [-0.15, -0.1) is 0 Å². The van der Waals surface area contributed by atoms with E-state index < -0.39 is 10.0 Å². The first-order valence-corrected chi connectivity index (χ1v) is 10.8. The number of amides is 1. The van der Waals surface area contributed by atoms with E-state index in [1.807, 2.05) is 18.2 Å². The molecule has 8 heteroatoms. The van der Waals surface area contributed by atoms with Crippen LogP contribution in [0.1, 0.15) is 21.5 Å². The van der Waals surface area contributed by atoms with Crippen LogP contribution in [0.5, 0.6) is 0 Å². The Kier molecular flexibility index (Phi) is 4.77. The molecule has 3 aromatic rings. The Morgan fingerprint density at radius 3 is 2.67 bits per heavy atom. The number of carbonyl (C=O) groups excluding carboxylic acids is 1. The third-order valence-corrected chi connectivity index (χ3v) is 7.19. The van der Waals surface area contributed by atoms with Crippen LogP contribution in [-0.4, -0.2) is 30.2 Å². The summed E-state index contributed by atoms with van der Waals surface area (Å²) in [5.41, 5.74) is 3.18. The maximum Gasteiger partial charge on any atom is 0.255 e. The van der Waals surface area contributed by atoms with Crippen LogP contribution in [0.15, 0.2) is 64.4 Å². The fraction of sp³-hybridized carbons (Fsp3) is 0.158. The van der Waals surface area contributed by atoms with Crippen molar-refractivity contribution >= 4 is 33.0 Å². The van der Waals surface area contributed by atoms with Crippen molar-refractivity contribution in [1.82, 2.24) is 9.29 Å². The van der Waals surface area contributed by atoms with Gasteiger partial charge < -0.3 is 5.32 Å². The zero-order valence-electron chi connectivity index (χ0n) is 14.3. The van der Waals surface area contributed by atoms with Crippen molar-refractivity contribution in [2.24, 2.45) is 0 Å². The summed E-state index contributed by atoms with van der Waals surface area (Å²) in [4.78, 5) is 16.6. The zero-order chi connectivity index (χ0) is 18.9. The summed E-state index contributed by atoms with van der Waals surface area (Å²) >= 11 is 1.37. The molecule has 0 saturated carbocycles. The molecule has 0 unspecified atom stereocenters. The number of thiophene rings is 1. The van der Waals surface area contributed by atoms with Gasteiger partial charge in [0.1, 0.15) is 0 Å². The summed E-state index contributed by atoms with van der Waals surface area (Å²) in [6.07, 6.45) is 3.78. The minimum Gasteiger partial charge on any atom is -0.322 e. The molecular formula is C19H17N3O3S2. The minimum atomic E-state index is -3.49. The number of fused-ring (bicyclic) bond motifs is 1. The van der Waals surface area contributed by atoms with Crippen LogP contribution in [0.2, 0.25) is 0 Å². The van der Waals surface area contributed by atoms with Crippen LogP contribution in [0.4, 0.5) is 5.69 Å². The van der Waals surface area contributed by atoms with Gasteiger partial charge in [0, 0.05) is 42.1 Å². The van der Waals surface area contributed by atoms with Crippen LogP contribution in [-0.2, 0) is 23.0 Å². The van der Waals surface area contributed by atoms with E-state index in [9.17, 15) is 13.2 Å². The standard InChI is InChI=1S/C19H17N3O3S2/c23-19(15-3-7-20-8-4-15)21-17-2-1-14-5-9-22(12-16(14)11-17)27(24,25)18-6-10-26-13-18/h1-4,6-8,10-11,13H,5,9,12H2,(H,21,23). The molecule has 2 aromatic heterocycles. The van der Waals surface area contributed by atoms with Crippen LogP contribution >= 0.6 is 11.3 Å². The molecule has 6 nitrogen and oxygen atoms in total. The first-order chi connectivity index (χ1) is 13.0. The summed E-state index contributed by atoms with van der Waals surface area (Å²) in [7, 11) is -3.49. The van der Waals surface area contributed by atoms with Gasteiger partial charge in [-0.3, -0.25) is 9.78 Å². The molecule has 0 aliphatic carbocycles. The van der Waals surface area contributed by atoms with Gasteiger partial charge in [0.05, 0.1) is 4.90 Å². The van der Waals surface area contributed by atoms with Crippen LogP contribution in [0, 0.1) is 0 Å². The smallest absolute Gasteiger partial charge is 0.255 e. The lowest BCUT2D eigenvalue weighted by molar-refractivity contribution is 0.102. The fourth-order valence-corrected chi connectivity index (χ4v) is 5.50. The van der Waals surface area contributed by atoms with E-state index in [2.05, 4.69) is 10.3 Å². The Labute approximate surface area is 161 Å². The van der Waals surface area contributed by atoms with E-state index in [0.717, 1.165) is 11.1 Å². The molecule has 0 saturated heterocycles. The van der Waals surface area contributed by atoms with Gasteiger partial charge in [-0.1, -0.05) is 6.07 Å². The number of sulfonamides is 1. The molecule has 138 valence electrons. The Morgan fingerprint density at radius 2 is 1.93 bits per heavy atom. The molecule has 1 N–H and O–H groups in total.